The maximum absolute atomic E-state index is 11.4. The summed E-state index contributed by atoms with van der Waals surface area (Å²) in [7, 11) is -0.750. The fourth-order valence-electron chi connectivity index (χ4n) is 1.66. The third-order valence-electron chi connectivity index (χ3n) is 2.43. The van der Waals surface area contributed by atoms with Crippen LogP contribution in [0.25, 0.3) is 0 Å². The molecule has 0 bridgehead atoms. The molecule has 0 aliphatic carbocycles. The molecule has 0 radical (unpaired) electrons. The van der Waals surface area contributed by atoms with Crippen LogP contribution in [0.15, 0.2) is 18.2 Å². The van der Waals surface area contributed by atoms with Crippen molar-refractivity contribution in [1.29, 1.82) is 0 Å². The minimum Gasteiger partial charge on any atom is -0.308 e. The lowest BCUT2D eigenvalue weighted by Gasteiger charge is -2.24. The van der Waals surface area contributed by atoms with Crippen molar-refractivity contribution in [3.8, 4) is 0 Å². The molecule has 5 heteroatoms. The van der Waals surface area contributed by atoms with Crippen LogP contribution in [-0.2, 0) is 10.8 Å². The second kappa shape index (κ2) is 4.83. The Hall–Kier alpha value is -0.0900. The summed E-state index contributed by atoms with van der Waals surface area (Å²) >= 11 is 12.0. The van der Waals surface area contributed by atoms with E-state index in [-0.39, 0.29) is 6.04 Å². The Morgan fingerprint density at radius 1 is 1.40 bits per heavy atom. The van der Waals surface area contributed by atoms with Crippen LogP contribution in [0, 0.1) is 0 Å². The van der Waals surface area contributed by atoms with E-state index in [1.807, 2.05) is 12.1 Å². The van der Waals surface area contributed by atoms with Gasteiger partial charge in [0.1, 0.15) is 0 Å². The van der Waals surface area contributed by atoms with Crippen LogP contribution in [0.4, 0.5) is 0 Å². The minimum absolute atomic E-state index is 0.0609. The third-order valence-corrected chi connectivity index (χ3v) is 4.63. The smallest absolute Gasteiger partial charge is 0.0640 e. The van der Waals surface area contributed by atoms with E-state index in [1.54, 1.807) is 6.07 Å². The van der Waals surface area contributed by atoms with Gasteiger partial charge in [-0.05, 0) is 11.6 Å². The molecule has 1 saturated heterocycles. The van der Waals surface area contributed by atoms with Crippen molar-refractivity contribution in [2.75, 3.05) is 18.1 Å². The summed E-state index contributed by atoms with van der Waals surface area (Å²) in [5.74, 6) is 1.33. The maximum Gasteiger partial charge on any atom is 0.0640 e. The van der Waals surface area contributed by atoms with Gasteiger partial charge in [0, 0.05) is 34.9 Å². The molecule has 1 aromatic carbocycles. The number of benzene rings is 1. The van der Waals surface area contributed by atoms with Crippen LogP contribution in [0.2, 0.25) is 10.0 Å². The Kier molecular flexibility index (Phi) is 3.67. The van der Waals surface area contributed by atoms with Crippen molar-refractivity contribution in [2.24, 2.45) is 0 Å². The molecule has 1 heterocycles. The Morgan fingerprint density at radius 2 is 2.20 bits per heavy atom. The normalized spacial score (nSPS) is 26.5. The molecule has 2 rings (SSSR count). The zero-order valence-electron chi connectivity index (χ0n) is 8.00. The standard InChI is InChI=1S/C10H11Cl2NOS/c11-8-3-1-2-7(10(8)12)9-6-15(14)5-4-13-9/h1-3,9,13H,4-6H2. The predicted molar refractivity (Wildman–Crippen MR) is 65.1 cm³/mol. The van der Waals surface area contributed by atoms with Crippen molar-refractivity contribution in [1.82, 2.24) is 5.32 Å². The first-order chi connectivity index (χ1) is 7.18. The molecule has 1 aliphatic rings. The summed E-state index contributed by atoms with van der Waals surface area (Å²) in [5, 5.41) is 4.41. The zero-order chi connectivity index (χ0) is 10.8. The average Bonchev–Trinajstić information content (AvgIpc) is 2.22. The quantitative estimate of drug-likeness (QED) is 0.843. The summed E-state index contributed by atoms with van der Waals surface area (Å²) in [4.78, 5) is 0. The van der Waals surface area contributed by atoms with E-state index in [4.69, 9.17) is 23.2 Å². The van der Waals surface area contributed by atoms with E-state index in [0.29, 0.717) is 21.6 Å². The van der Waals surface area contributed by atoms with E-state index < -0.39 is 10.8 Å². The van der Waals surface area contributed by atoms with Crippen LogP contribution in [0.3, 0.4) is 0 Å². The molecule has 15 heavy (non-hydrogen) atoms. The number of halogens is 2. The highest BCUT2D eigenvalue weighted by Gasteiger charge is 2.21. The van der Waals surface area contributed by atoms with Crippen LogP contribution >= 0.6 is 23.2 Å². The molecule has 2 unspecified atom stereocenters. The largest absolute Gasteiger partial charge is 0.308 e. The van der Waals surface area contributed by atoms with Gasteiger partial charge >= 0.3 is 0 Å². The van der Waals surface area contributed by atoms with Gasteiger partial charge in [-0.3, -0.25) is 4.21 Å². The van der Waals surface area contributed by atoms with Gasteiger partial charge in [0.2, 0.25) is 0 Å². The van der Waals surface area contributed by atoms with Crippen LogP contribution in [0.5, 0.6) is 0 Å². The lowest BCUT2D eigenvalue weighted by Crippen LogP contribution is -2.36. The number of rotatable bonds is 1. The van der Waals surface area contributed by atoms with E-state index in [1.165, 1.54) is 0 Å². The first-order valence-electron chi connectivity index (χ1n) is 4.71. The molecule has 0 amide bonds. The van der Waals surface area contributed by atoms with Crippen LogP contribution in [0.1, 0.15) is 11.6 Å². The van der Waals surface area contributed by atoms with Crippen LogP contribution in [-0.4, -0.2) is 22.3 Å². The summed E-state index contributed by atoms with van der Waals surface area (Å²) in [6.07, 6.45) is 0. The lowest BCUT2D eigenvalue weighted by molar-refractivity contribution is 0.572. The van der Waals surface area contributed by atoms with Crippen molar-refractivity contribution in [3.63, 3.8) is 0 Å². The second-order valence-corrected chi connectivity index (χ2v) is 5.87. The molecule has 1 aromatic rings. The number of hydrogen-bond acceptors (Lipinski definition) is 2. The molecule has 0 aromatic heterocycles. The monoisotopic (exact) mass is 263 g/mol. The molecular formula is C10H11Cl2NOS. The highest BCUT2D eigenvalue weighted by molar-refractivity contribution is 7.85. The first-order valence-corrected chi connectivity index (χ1v) is 6.95. The van der Waals surface area contributed by atoms with Gasteiger partial charge < -0.3 is 5.32 Å². The third kappa shape index (κ3) is 2.53. The highest BCUT2D eigenvalue weighted by Crippen LogP contribution is 2.30. The van der Waals surface area contributed by atoms with Gasteiger partial charge in [-0.15, -0.1) is 0 Å². The fourth-order valence-corrected chi connectivity index (χ4v) is 3.29. The van der Waals surface area contributed by atoms with Gasteiger partial charge in [0.05, 0.1) is 10.0 Å². The summed E-state index contributed by atoms with van der Waals surface area (Å²) in [6, 6.07) is 5.61. The van der Waals surface area contributed by atoms with Crippen molar-refractivity contribution in [3.05, 3.63) is 33.8 Å². The molecule has 0 saturated carbocycles. The Bertz CT molecular complexity index is 397. The SMILES string of the molecule is O=S1CCNC(c2cccc(Cl)c2Cl)C1. The molecule has 82 valence electrons. The number of hydrogen-bond donors (Lipinski definition) is 1. The van der Waals surface area contributed by atoms with Crippen molar-refractivity contribution >= 4 is 34.0 Å². The van der Waals surface area contributed by atoms with Gasteiger partial charge in [-0.2, -0.15) is 0 Å². The highest BCUT2D eigenvalue weighted by atomic mass is 35.5. The minimum atomic E-state index is -0.750. The van der Waals surface area contributed by atoms with E-state index in [2.05, 4.69) is 5.32 Å². The average molecular weight is 264 g/mol. The molecule has 2 atom stereocenters. The second-order valence-electron chi connectivity index (χ2n) is 3.46. The summed E-state index contributed by atoms with van der Waals surface area (Å²) < 4.78 is 11.4. The number of nitrogens with one attached hydrogen (secondary N) is 1. The Morgan fingerprint density at radius 3 is 2.93 bits per heavy atom. The van der Waals surface area contributed by atoms with Crippen LogP contribution < -0.4 is 5.32 Å². The molecule has 0 spiro atoms. The van der Waals surface area contributed by atoms with E-state index in [9.17, 15) is 4.21 Å². The molecule has 1 N–H and O–H groups in total. The van der Waals surface area contributed by atoms with Gasteiger partial charge in [0.15, 0.2) is 0 Å². The van der Waals surface area contributed by atoms with Crippen molar-refractivity contribution in [2.45, 2.75) is 6.04 Å². The lowest BCUT2D eigenvalue weighted by atomic mass is 10.1. The van der Waals surface area contributed by atoms with E-state index >= 15 is 0 Å². The molecular weight excluding hydrogens is 253 g/mol. The topological polar surface area (TPSA) is 29.1 Å². The first kappa shape index (κ1) is 11.4. The van der Waals surface area contributed by atoms with E-state index in [0.717, 1.165) is 12.1 Å². The molecule has 2 nitrogen and oxygen atoms in total. The summed E-state index contributed by atoms with van der Waals surface area (Å²) in [5.41, 5.74) is 0.942. The molecule has 1 aliphatic heterocycles. The van der Waals surface area contributed by atoms with Gasteiger partial charge in [-0.1, -0.05) is 35.3 Å². The van der Waals surface area contributed by atoms with Crippen molar-refractivity contribution < 1.29 is 4.21 Å². The fraction of sp³-hybridized carbons (Fsp3) is 0.400. The Labute approximate surface area is 101 Å². The Balaban J connectivity index is 2.28. The summed E-state index contributed by atoms with van der Waals surface area (Å²) in [6.45, 7) is 0.764. The molecule has 1 fully saturated rings. The van der Waals surface area contributed by atoms with Gasteiger partial charge in [0.25, 0.3) is 0 Å². The predicted octanol–water partition coefficient (Wildman–Crippen LogP) is 2.39. The van der Waals surface area contributed by atoms with Gasteiger partial charge in [-0.25, -0.2) is 0 Å². The zero-order valence-corrected chi connectivity index (χ0v) is 10.3. The maximum atomic E-state index is 11.4.